The standard InChI is InChI=1S/C24H21N3O4/c1-15-12-18(31-2)5-6-19(15)22(28)20-21(17-7-10-25-11-8-17)27(24(30)23(20)29)14-16-4-3-9-26-13-16/h3-13,21,28H,14H2,1-2H3/b22-20+. The van der Waals surface area contributed by atoms with Crippen molar-refractivity contribution in [1.29, 1.82) is 0 Å². The lowest BCUT2D eigenvalue weighted by atomic mass is 9.94. The first kappa shape index (κ1) is 20.3. The van der Waals surface area contributed by atoms with Crippen molar-refractivity contribution in [2.24, 2.45) is 0 Å². The number of methoxy groups -OCH3 is 1. The van der Waals surface area contributed by atoms with Gasteiger partial charge in [0, 0.05) is 36.9 Å². The van der Waals surface area contributed by atoms with Gasteiger partial charge in [0.2, 0.25) is 0 Å². The molecular weight excluding hydrogens is 394 g/mol. The first-order valence-electron chi connectivity index (χ1n) is 9.73. The van der Waals surface area contributed by atoms with E-state index in [-0.39, 0.29) is 17.9 Å². The van der Waals surface area contributed by atoms with E-state index in [1.54, 1.807) is 68.3 Å². The van der Waals surface area contributed by atoms with Gasteiger partial charge in [-0.3, -0.25) is 19.6 Å². The van der Waals surface area contributed by atoms with Crippen molar-refractivity contribution >= 4 is 17.4 Å². The summed E-state index contributed by atoms with van der Waals surface area (Å²) in [5.74, 6) is -0.970. The second-order valence-corrected chi connectivity index (χ2v) is 7.25. The van der Waals surface area contributed by atoms with Gasteiger partial charge in [-0.25, -0.2) is 0 Å². The van der Waals surface area contributed by atoms with E-state index < -0.39 is 17.7 Å². The maximum absolute atomic E-state index is 13.1. The molecule has 1 saturated heterocycles. The number of Topliss-reactive ketones (excluding diaryl/α,β-unsaturated/α-hetero) is 1. The number of amides is 1. The number of likely N-dealkylation sites (tertiary alicyclic amines) is 1. The van der Waals surface area contributed by atoms with Gasteiger partial charge in [0.1, 0.15) is 11.5 Å². The Morgan fingerprint density at radius 2 is 1.87 bits per heavy atom. The molecule has 31 heavy (non-hydrogen) atoms. The van der Waals surface area contributed by atoms with Crippen LogP contribution in [0.15, 0.2) is 72.8 Å². The SMILES string of the molecule is COc1ccc(/C(O)=C2\C(=O)C(=O)N(Cc3cccnc3)C2c2ccncc2)c(C)c1. The van der Waals surface area contributed by atoms with Crippen molar-refractivity contribution in [3.63, 3.8) is 0 Å². The van der Waals surface area contributed by atoms with Crippen molar-refractivity contribution in [3.8, 4) is 5.75 Å². The van der Waals surface area contributed by atoms with E-state index >= 15 is 0 Å². The van der Waals surface area contributed by atoms with E-state index in [0.29, 0.717) is 16.9 Å². The minimum Gasteiger partial charge on any atom is -0.507 e. The fourth-order valence-corrected chi connectivity index (χ4v) is 3.80. The number of aryl methyl sites for hydroxylation is 1. The highest BCUT2D eigenvalue weighted by atomic mass is 16.5. The molecule has 2 aromatic heterocycles. The minimum atomic E-state index is -0.746. The average Bonchev–Trinajstić information content (AvgIpc) is 3.04. The molecule has 1 aliphatic heterocycles. The van der Waals surface area contributed by atoms with Crippen LogP contribution in [0.2, 0.25) is 0 Å². The van der Waals surface area contributed by atoms with Crippen LogP contribution >= 0.6 is 0 Å². The smallest absolute Gasteiger partial charge is 0.295 e. The van der Waals surface area contributed by atoms with Crippen molar-refractivity contribution in [3.05, 3.63) is 95.1 Å². The Hall–Kier alpha value is -4.00. The number of hydrogen-bond acceptors (Lipinski definition) is 6. The van der Waals surface area contributed by atoms with E-state index in [2.05, 4.69) is 9.97 Å². The number of ketones is 1. The first-order chi connectivity index (χ1) is 15.0. The van der Waals surface area contributed by atoms with Gasteiger partial charge < -0.3 is 14.7 Å². The molecule has 1 N–H and O–H groups in total. The van der Waals surface area contributed by atoms with Gasteiger partial charge in [-0.2, -0.15) is 0 Å². The van der Waals surface area contributed by atoms with Crippen molar-refractivity contribution in [2.75, 3.05) is 7.11 Å². The van der Waals surface area contributed by atoms with Crippen LogP contribution in [0.3, 0.4) is 0 Å². The molecule has 0 saturated carbocycles. The Morgan fingerprint density at radius 3 is 2.52 bits per heavy atom. The van der Waals surface area contributed by atoms with Gasteiger partial charge in [-0.15, -0.1) is 0 Å². The zero-order chi connectivity index (χ0) is 22.0. The number of aromatic nitrogens is 2. The summed E-state index contributed by atoms with van der Waals surface area (Å²) in [4.78, 5) is 35.7. The van der Waals surface area contributed by atoms with Crippen LogP contribution in [-0.2, 0) is 16.1 Å². The Balaban J connectivity index is 1.86. The fourth-order valence-electron chi connectivity index (χ4n) is 3.80. The second-order valence-electron chi connectivity index (χ2n) is 7.25. The molecule has 0 radical (unpaired) electrons. The summed E-state index contributed by atoms with van der Waals surface area (Å²) in [6, 6.07) is 11.5. The molecular formula is C24H21N3O4. The number of carbonyl (C=O) groups excluding carboxylic acids is 2. The van der Waals surface area contributed by atoms with Gasteiger partial charge >= 0.3 is 0 Å². The lowest BCUT2D eigenvalue weighted by molar-refractivity contribution is -0.140. The van der Waals surface area contributed by atoms with Gasteiger partial charge in [0.05, 0.1) is 18.7 Å². The molecule has 1 atom stereocenters. The predicted octanol–water partition coefficient (Wildman–Crippen LogP) is 3.42. The predicted molar refractivity (Wildman–Crippen MR) is 114 cm³/mol. The maximum atomic E-state index is 13.1. The second kappa shape index (κ2) is 8.39. The van der Waals surface area contributed by atoms with Gasteiger partial charge in [-0.1, -0.05) is 6.07 Å². The summed E-state index contributed by atoms with van der Waals surface area (Å²) in [5.41, 5.74) is 2.71. The third kappa shape index (κ3) is 3.77. The van der Waals surface area contributed by atoms with Crippen LogP contribution in [0, 0.1) is 6.92 Å². The van der Waals surface area contributed by atoms with E-state index in [1.165, 1.54) is 4.90 Å². The van der Waals surface area contributed by atoms with Crippen LogP contribution in [0.4, 0.5) is 0 Å². The molecule has 156 valence electrons. The first-order valence-corrected chi connectivity index (χ1v) is 9.73. The summed E-state index contributed by atoms with van der Waals surface area (Å²) in [6.45, 7) is 1.99. The number of nitrogens with zero attached hydrogens (tertiary/aromatic N) is 3. The Labute approximate surface area is 179 Å². The summed E-state index contributed by atoms with van der Waals surface area (Å²) >= 11 is 0. The molecule has 1 amide bonds. The molecule has 4 rings (SSSR count). The Morgan fingerprint density at radius 1 is 1.10 bits per heavy atom. The van der Waals surface area contributed by atoms with Crippen molar-refractivity contribution in [2.45, 2.75) is 19.5 Å². The maximum Gasteiger partial charge on any atom is 0.295 e. The van der Waals surface area contributed by atoms with Crippen molar-refractivity contribution in [1.82, 2.24) is 14.9 Å². The number of aliphatic hydroxyl groups is 1. The van der Waals surface area contributed by atoms with E-state index in [9.17, 15) is 14.7 Å². The van der Waals surface area contributed by atoms with E-state index in [4.69, 9.17) is 4.74 Å². The molecule has 7 heteroatoms. The summed E-state index contributed by atoms with van der Waals surface area (Å²) in [6.07, 6.45) is 6.48. The van der Waals surface area contributed by atoms with E-state index in [0.717, 1.165) is 11.1 Å². The third-order valence-electron chi connectivity index (χ3n) is 5.33. The normalized spacial score (nSPS) is 17.7. The number of benzene rings is 1. The molecule has 1 aliphatic rings. The largest absolute Gasteiger partial charge is 0.507 e. The lowest BCUT2D eigenvalue weighted by Crippen LogP contribution is -2.29. The van der Waals surface area contributed by atoms with Crippen LogP contribution in [-0.4, -0.2) is 38.8 Å². The number of pyridine rings is 2. The molecule has 3 aromatic rings. The zero-order valence-electron chi connectivity index (χ0n) is 17.1. The lowest BCUT2D eigenvalue weighted by Gasteiger charge is -2.25. The molecule has 0 aliphatic carbocycles. The Kier molecular flexibility index (Phi) is 5.49. The third-order valence-corrected chi connectivity index (χ3v) is 5.33. The van der Waals surface area contributed by atoms with Gasteiger partial charge in [-0.05, 0) is 60.0 Å². The molecule has 1 unspecified atom stereocenters. The topological polar surface area (TPSA) is 92.6 Å². The number of ether oxygens (including phenoxy) is 1. The monoisotopic (exact) mass is 415 g/mol. The quantitative estimate of drug-likeness (QED) is 0.390. The molecule has 7 nitrogen and oxygen atoms in total. The number of hydrogen-bond donors (Lipinski definition) is 1. The number of aliphatic hydroxyl groups excluding tert-OH is 1. The highest BCUT2D eigenvalue weighted by Crippen LogP contribution is 2.40. The Bertz CT molecular complexity index is 1160. The summed E-state index contributed by atoms with van der Waals surface area (Å²) in [7, 11) is 1.56. The molecule has 3 heterocycles. The number of rotatable bonds is 5. The number of carbonyl (C=O) groups is 2. The molecule has 0 spiro atoms. The van der Waals surface area contributed by atoms with Crippen LogP contribution in [0.5, 0.6) is 5.75 Å². The summed E-state index contributed by atoms with van der Waals surface area (Å²) in [5, 5.41) is 11.2. The highest BCUT2D eigenvalue weighted by molar-refractivity contribution is 6.46. The average molecular weight is 415 g/mol. The van der Waals surface area contributed by atoms with Gasteiger partial charge in [0.15, 0.2) is 0 Å². The van der Waals surface area contributed by atoms with Crippen molar-refractivity contribution < 1.29 is 19.4 Å². The highest BCUT2D eigenvalue weighted by Gasteiger charge is 2.46. The van der Waals surface area contributed by atoms with Crippen LogP contribution in [0.1, 0.15) is 28.3 Å². The minimum absolute atomic E-state index is 0.0494. The summed E-state index contributed by atoms with van der Waals surface area (Å²) < 4.78 is 5.23. The van der Waals surface area contributed by atoms with Gasteiger partial charge in [0.25, 0.3) is 11.7 Å². The van der Waals surface area contributed by atoms with E-state index in [1.807, 2.05) is 13.0 Å². The van der Waals surface area contributed by atoms with Crippen LogP contribution < -0.4 is 4.74 Å². The zero-order valence-corrected chi connectivity index (χ0v) is 17.1. The molecule has 0 bridgehead atoms. The molecule has 1 fully saturated rings. The molecule has 1 aromatic carbocycles. The van der Waals surface area contributed by atoms with Crippen LogP contribution in [0.25, 0.3) is 5.76 Å². The fraction of sp³-hybridized carbons (Fsp3) is 0.167.